The fourth-order valence-corrected chi connectivity index (χ4v) is 1.52. The molecule has 0 unspecified atom stereocenters. The second-order valence-corrected chi connectivity index (χ2v) is 3.16. The highest BCUT2D eigenvalue weighted by Crippen LogP contribution is 2.27. The number of aliphatic imine (C=N–C) groups is 1. The van der Waals surface area contributed by atoms with E-state index in [1.54, 1.807) is 0 Å². The molecule has 2 N–H and O–H groups in total. The van der Waals surface area contributed by atoms with Crippen LogP contribution in [0.25, 0.3) is 0 Å². The van der Waals surface area contributed by atoms with E-state index in [0.29, 0.717) is 6.02 Å². The lowest BCUT2D eigenvalue weighted by Gasteiger charge is -2.13. The lowest BCUT2D eigenvalue weighted by atomic mass is 10.0. The van der Waals surface area contributed by atoms with Gasteiger partial charge in [-0.2, -0.15) is 0 Å². The van der Waals surface area contributed by atoms with Crippen molar-refractivity contribution in [3.63, 3.8) is 0 Å². The first-order valence-electron chi connectivity index (χ1n) is 4.32. The topological polar surface area (TPSA) is 47.6 Å². The first-order valence-corrected chi connectivity index (χ1v) is 4.32. The third-order valence-electron chi connectivity index (χ3n) is 2.14. The number of rotatable bonds is 1. The number of ether oxygens (including phenoxy) is 1. The van der Waals surface area contributed by atoms with Crippen LogP contribution in [0.1, 0.15) is 18.6 Å². The van der Waals surface area contributed by atoms with Gasteiger partial charge >= 0.3 is 0 Å². The molecule has 0 saturated heterocycles. The van der Waals surface area contributed by atoms with Gasteiger partial charge in [-0.1, -0.05) is 30.3 Å². The van der Waals surface area contributed by atoms with Crippen LogP contribution >= 0.6 is 17.0 Å². The fraction of sp³-hybridized carbons (Fsp3) is 0.300. The summed E-state index contributed by atoms with van der Waals surface area (Å²) in [5, 5.41) is 0. The number of amidine groups is 1. The predicted octanol–water partition coefficient (Wildman–Crippen LogP) is 2.04. The van der Waals surface area contributed by atoms with Gasteiger partial charge in [0.25, 0.3) is 6.02 Å². The third kappa shape index (κ3) is 2.07. The molecule has 1 heterocycles. The molecule has 3 nitrogen and oxygen atoms in total. The van der Waals surface area contributed by atoms with Crippen LogP contribution in [0.5, 0.6) is 0 Å². The second kappa shape index (κ2) is 4.46. The van der Waals surface area contributed by atoms with Crippen LogP contribution in [-0.2, 0) is 4.74 Å². The van der Waals surface area contributed by atoms with Crippen LogP contribution < -0.4 is 5.73 Å². The molecule has 0 saturated carbocycles. The van der Waals surface area contributed by atoms with Crippen LogP contribution in [0.3, 0.4) is 0 Å². The predicted molar refractivity (Wildman–Crippen MR) is 61.7 cm³/mol. The molecule has 2 atom stereocenters. The quantitative estimate of drug-likeness (QED) is 0.836. The van der Waals surface area contributed by atoms with E-state index in [1.165, 1.54) is 0 Å². The van der Waals surface area contributed by atoms with E-state index < -0.39 is 0 Å². The van der Waals surface area contributed by atoms with Crippen molar-refractivity contribution < 1.29 is 4.74 Å². The first-order chi connectivity index (χ1) is 6.27. The van der Waals surface area contributed by atoms with E-state index in [2.05, 4.69) is 4.99 Å². The van der Waals surface area contributed by atoms with Crippen molar-refractivity contribution in [1.82, 2.24) is 0 Å². The summed E-state index contributed by atoms with van der Waals surface area (Å²) in [6.45, 7) is 2.00. The lowest BCUT2D eigenvalue weighted by molar-refractivity contribution is 0.199. The van der Waals surface area contributed by atoms with E-state index >= 15 is 0 Å². The molecule has 0 aliphatic carbocycles. The largest absolute Gasteiger partial charge is 0.455 e. The van der Waals surface area contributed by atoms with Crippen molar-refractivity contribution in [3.05, 3.63) is 35.9 Å². The van der Waals surface area contributed by atoms with Gasteiger partial charge in [0, 0.05) is 0 Å². The van der Waals surface area contributed by atoms with E-state index in [1.807, 2.05) is 37.3 Å². The van der Waals surface area contributed by atoms with Crippen LogP contribution in [0, 0.1) is 0 Å². The number of nitrogens with two attached hydrogens (primary N) is 1. The van der Waals surface area contributed by atoms with Crippen LogP contribution in [0.2, 0.25) is 0 Å². The Labute approximate surface area is 93.7 Å². The second-order valence-electron chi connectivity index (χ2n) is 3.16. The number of hydrogen-bond acceptors (Lipinski definition) is 3. The number of halogens is 1. The molecule has 0 fully saturated rings. The lowest BCUT2D eigenvalue weighted by Crippen LogP contribution is -2.14. The Balaban J connectivity index is 0.000000980. The maximum atomic E-state index is 5.48. The van der Waals surface area contributed by atoms with Crippen LogP contribution in [-0.4, -0.2) is 12.1 Å². The Morgan fingerprint density at radius 2 is 1.93 bits per heavy atom. The average Bonchev–Trinajstić information content (AvgIpc) is 2.47. The molecule has 1 aliphatic heterocycles. The van der Waals surface area contributed by atoms with Crippen molar-refractivity contribution >= 4 is 23.0 Å². The Hall–Kier alpha value is -1.03. The van der Waals surface area contributed by atoms with Gasteiger partial charge in [0.05, 0.1) is 6.04 Å². The summed E-state index contributed by atoms with van der Waals surface area (Å²) in [6, 6.07) is 10.4. The minimum absolute atomic E-state index is 0. The Kier molecular flexibility index (Phi) is 3.52. The molecule has 0 spiro atoms. The zero-order chi connectivity index (χ0) is 9.26. The Morgan fingerprint density at radius 3 is 2.43 bits per heavy atom. The summed E-state index contributed by atoms with van der Waals surface area (Å²) in [5.41, 5.74) is 6.60. The molecule has 2 rings (SSSR count). The van der Waals surface area contributed by atoms with Gasteiger partial charge in [0.15, 0.2) is 0 Å². The van der Waals surface area contributed by atoms with Crippen LogP contribution in [0.15, 0.2) is 35.3 Å². The van der Waals surface area contributed by atoms with Crippen molar-refractivity contribution in [3.8, 4) is 0 Å². The van der Waals surface area contributed by atoms with Gasteiger partial charge in [0.1, 0.15) is 6.10 Å². The van der Waals surface area contributed by atoms with Gasteiger partial charge < -0.3 is 10.5 Å². The zero-order valence-electron chi connectivity index (χ0n) is 7.88. The van der Waals surface area contributed by atoms with Gasteiger partial charge in [-0.3, -0.25) is 0 Å². The molecule has 0 aromatic heterocycles. The highest BCUT2D eigenvalue weighted by molar-refractivity contribution is 8.93. The third-order valence-corrected chi connectivity index (χ3v) is 2.14. The SMILES string of the molecule is Br.C[C@@H]1N=C(N)O[C@@H]1c1ccccc1. The summed E-state index contributed by atoms with van der Waals surface area (Å²) >= 11 is 0. The Bertz CT molecular complexity index is 326. The maximum Gasteiger partial charge on any atom is 0.283 e. The number of hydrogen-bond donors (Lipinski definition) is 1. The molecule has 1 aromatic rings. The van der Waals surface area contributed by atoms with E-state index in [9.17, 15) is 0 Å². The summed E-state index contributed by atoms with van der Waals surface area (Å²) in [5.74, 6) is 0. The van der Waals surface area contributed by atoms with Gasteiger partial charge in [0.2, 0.25) is 0 Å². The molecule has 1 aliphatic rings. The monoisotopic (exact) mass is 256 g/mol. The van der Waals surface area contributed by atoms with E-state index in [0.717, 1.165) is 5.56 Å². The summed E-state index contributed by atoms with van der Waals surface area (Å²) < 4.78 is 5.39. The minimum Gasteiger partial charge on any atom is -0.455 e. The number of nitrogens with zero attached hydrogens (tertiary/aromatic N) is 1. The van der Waals surface area contributed by atoms with Crippen molar-refractivity contribution in [2.24, 2.45) is 10.7 Å². The molecule has 1 aromatic carbocycles. The molecular weight excluding hydrogens is 244 g/mol. The standard InChI is InChI=1S/C10H12N2O.BrH/c1-7-9(13-10(11)12-7)8-5-3-2-4-6-8;/h2-7,9H,1H3,(H2,11,12);1H/t7-,9-;/m0./s1. The maximum absolute atomic E-state index is 5.48. The Morgan fingerprint density at radius 1 is 1.29 bits per heavy atom. The zero-order valence-corrected chi connectivity index (χ0v) is 9.60. The highest BCUT2D eigenvalue weighted by atomic mass is 79.9. The van der Waals surface area contributed by atoms with Gasteiger partial charge in [-0.15, -0.1) is 17.0 Å². The summed E-state index contributed by atoms with van der Waals surface area (Å²) in [7, 11) is 0. The molecule has 0 amide bonds. The van der Waals surface area contributed by atoms with Crippen molar-refractivity contribution in [2.75, 3.05) is 0 Å². The van der Waals surface area contributed by atoms with Crippen molar-refractivity contribution in [1.29, 1.82) is 0 Å². The molecule has 0 bridgehead atoms. The smallest absolute Gasteiger partial charge is 0.283 e. The molecule has 4 heteroatoms. The molecule has 76 valence electrons. The van der Waals surface area contributed by atoms with Crippen LogP contribution in [0.4, 0.5) is 0 Å². The summed E-state index contributed by atoms with van der Waals surface area (Å²) in [6.07, 6.45) is -0.0128. The number of benzene rings is 1. The van der Waals surface area contributed by atoms with Gasteiger partial charge in [-0.05, 0) is 12.5 Å². The molecule has 0 radical (unpaired) electrons. The summed E-state index contributed by atoms with van der Waals surface area (Å²) in [4.78, 5) is 4.12. The van der Waals surface area contributed by atoms with Crippen molar-refractivity contribution in [2.45, 2.75) is 19.1 Å². The fourth-order valence-electron chi connectivity index (χ4n) is 1.52. The van der Waals surface area contributed by atoms with E-state index in [4.69, 9.17) is 10.5 Å². The van der Waals surface area contributed by atoms with E-state index in [-0.39, 0.29) is 29.1 Å². The molecule has 14 heavy (non-hydrogen) atoms. The molecular formula is C10H13BrN2O. The normalized spacial score (nSPS) is 24.8. The minimum atomic E-state index is -0.0128. The van der Waals surface area contributed by atoms with Gasteiger partial charge in [-0.25, -0.2) is 4.99 Å². The average molecular weight is 257 g/mol. The first kappa shape index (κ1) is 11.0. The highest BCUT2D eigenvalue weighted by Gasteiger charge is 2.26.